The Morgan fingerprint density at radius 1 is 1.42 bits per heavy atom. The Kier molecular flexibility index (Phi) is 2.53. The summed E-state index contributed by atoms with van der Waals surface area (Å²) in [4.78, 5) is 30.2. The third-order valence-corrected chi connectivity index (χ3v) is 3.39. The van der Waals surface area contributed by atoms with Crippen LogP contribution in [0.25, 0.3) is 16.9 Å². The smallest absolute Gasteiger partial charge is 0.313 e. The van der Waals surface area contributed by atoms with Gasteiger partial charge in [0.1, 0.15) is 0 Å². The molecule has 19 heavy (non-hydrogen) atoms. The number of alkyl halides is 1. The number of rotatable bonds is 2. The van der Waals surface area contributed by atoms with Crippen LogP contribution < -0.4 is 11.2 Å². The molecule has 0 aromatic carbocycles. The molecule has 8 heteroatoms. The van der Waals surface area contributed by atoms with Gasteiger partial charge in [-0.1, -0.05) is 0 Å². The van der Waals surface area contributed by atoms with E-state index in [4.69, 9.17) is 11.6 Å². The molecule has 0 fully saturated rings. The highest BCUT2D eigenvalue weighted by molar-refractivity contribution is 6.17. The fourth-order valence-electron chi connectivity index (χ4n) is 2.28. The van der Waals surface area contributed by atoms with Gasteiger partial charge >= 0.3 is 5.69 Å². The first-order chi connectivity index (χ1) is 9.04. The van der Waals surface area contributed by atoms with Gasteiger partial charge in [-0.05, 0) is 6.92 Å². The largest absolute Gasteiger partial charge is 0.329 e. The molecule has 0 amide bonds. The van der Waals surface area contributed by atoms with Crippen LogP contribution in [-0.4, -0.2) is 29.4 Å². The van der Waals surface area contributed by atoms with E-state index in [1.54, 1.807) is 11.4 Å². The molecule has 3 rings (SSSR count). The summed E-state index contributed by atoms with van der Waals surface area (Å²) in [7, 11) is 1.58. The highest BCUT2D eigenvalue weighted by Crippen LogP contribution is 2.15. The van der Waals surface area contributed by atoms with Crippen molar-refractivity contribution < 1.29 is 0 Å². The van der Waals surface area contributed by atoms with Gasteiger partial charge in [0.15, 0.2) is 11.2 Å². The van der Waals surface area contributed by atoms with Crippen LogP contribution in [0, 0.1) is 6.92 Å². The molecule has 100 valence electrons. The van der Waals surface area contributed by atoms with E-state index in [1.165, 1.54) is 4.57 Å². The highest BCUT2D eigenvalue weighted by Gasteiger charge is 2.16. The number of hydrogen-bond acceptors (Lipinski definition) is 3. The van der Waals surface area contributed by atoms with Crippen LogP contribution >= 0.6 is 11.6 Å². The molecule has 3 aromatic rings. The van der Waals surface area contributed by atoms with Crippen molar-refractivity contribution in [3.05, 3.63) is 32.7 Å². The molecular weight excluding hydrogens is 270 g/mol. The summed E-state index contributed by atoms with van der Waals surface area (Å²) in [6.45, 7) is 2.52. The normalized spacial score (nSPS) is 11.7. The lowest BCUT2D eigenvalue weighted by Gasteiger charge is -2.01. The zero-order valence-corrected chi connectivity index (χ0v) is 11.2. The van der Waals surface area contributed by atoms with E-state index in [0.29, 0.717) is 29.4 Å². The number of H-pyrrole nitrogens is 1. The van der Waals surface area contributed by atoms with E-state index < -0.39 is 11.2 Å². The number of fused-ring (bicyclic) bond motifs is 3. The van der Waals surface area contributed by atoms with Gasteiger partial charge in [-0.2, -0.15) is 4.98 Å². The first-order valence-electron chi connectivity index (χ1n) is 5.77. The third-order valence-electron chi connectivity index (χ3n) is 3.22. The summed E-state index contributed by atoms with van der Waals surface area (Å²) in [6, 6.07) is 0. The Bertz CT molecular complexity index is 898. The van der Waals surface area contributed by atoms with Crippen LogP contribution in [0.5, 0.6) is 0 Å². The number of hydrogen-bond donors (Lipinski definition) is 1. The van der Waals surface area contributed by atoms with Gasteiger partial charge in [0, 0.05) is 31.4 Å². The predicted octanol–water partition coefficient (Wildman–Crippen LogP) is 0.223. The van der Waals surface area contributed by atoms with Crippen LogP contribution in [0.4, 0.5) is 0 Å². The number of aryl methyl sites for hydroxylation is 3. The average molecular weight is 282 g/mol. The van der Waals surface area contributed by atoms with E-state index in [2.05, 4.69) is 9.97 Å². The maximum Gasteiger partial charge on any atom is 0.329 e. The third kappa shape index (κ3) is 1.54. The molecule has 0 spiro atoms. The Morgan fingerprint density at radius 2 is 2.16 bits per heavy atom. The maximum absolute atomic E-state index is 11.9. The molecule has 0 aliphatic carbocycles. The summed E-state index contributed by atoms with van der Waals surface area (Å²) in [6.07, 6.45) is 1.82. The number of nitrogens with zero attached hydrogens (tertiary/aromatic N) is 4. The van der Waals surface area contributed by atoms with Crippen molar-refractivity contribution in [3.8, 4) is 0 Å². The number of aromatic amines is 1. The summed E-state index contributed by atoms with van der Waals surface area (Å²) < 4.78 is 4.93. The molecule has 0 saturated carbocycles. The average Bonchev–Trinajstić information content (AvgIpc) is 2.85. The van der Waals surface area contributed by atoms with Crippen molar-refractivity contribution in [1.29, 1.82) is 0 Å². The molecule has 0 saturated heterocycles. The van der Waals surface area contributed by atoms with E-state index in [-0.39, 0.29) is 0 Å². The SMILES string of the molecule is Cc1cn2c3c(=O)[nH]c(=O)n(C)c3nc2n1CCCl. The van der Waals surface area contributed by atoms with Crippen molar-refractivity contribution in [2.24, 2.45) is 7.05 Å². The van der Waals surface area contributed by atoms with E-state index in [9.17, 15) is 9.59 Å². The van der Waals surface area contributed by atoms with Crippen LogP contribution in [0.1, 0.15) is 5.69 Å². The first kappa shape index (κ1) is 12.0. The fraction of sp³-hybridized carbons (Fsp3) is 0.364. The standard InChI is InChI=1S/C11H12ClN5O2/c1-6-5-17-7-8(13-10(17)16(6)4-3-12)15(2)11(19)14-9(7)18/h5H,3-4H2,1-2H3,(H,14,18,19). The Balaban J connectivity index is 2.54. The van der Waals surface area contributed by atoms with E-state index in [1.807, 2.05) is 17.7 Å². The lowest BCUT2D eigenvalue weighted by molar-refractivity contribution is 0.761. The number of nitrogens with one attached hydrogen (secondary N) is 1. The van der Waals surface area contributed by atoms with E-state index >= 15 is 0 Å². The Hall–Kier alpha value is -2.02. The molecule has 1 N–H and O–H groups in total. The minimum absolute atomic E-state index is 0.368. The van der Waals surface area contributed by atoms with E-state index in [0.717, 1.165) is 5.69 Å². The topological polar surface area (TPSA) is 77.1 Å². The van der Waals surface area contributed by atoms with Gasteiger partial charge in [-0.25, -0.2) is 4.79 Å². The Morgan fingerprint density at radius 3 is 2.84 bits per heavy atom. The van der Waals surface area contributed by atoms with Gasteiger partial charge in [0.25, 0.3) is 5.56 Å². The number of imidazole rings is 2. The predicted molar refractivity (Wildman–Crippen MR) is 72.0 cm³/mol. The second-order valence-electron chi connectivity index (χ2n) is 4.38. The van der Waals surface area contributed by atoms with Crippen molar-refractivity contribution in [2.45, 2.75) is 13.5 Å². The molecule has 0 unspecified atom stereocenters. The second kappa shape index (κ2) is 3.99. The Labute approximate surface area is 112 Å². The van der Waals surface area contributed by atoms with Crippen molar-refractivity contribution in [3.63, 3.8) is 0 Å². The molecule has 0 aliphatic heterocycles. The first-order valence-corrected chi connectivity index (χ1v) is 6.31. The lowest BCUT2D eigenvalue weighted by atomic mass is 10.5. The fourth-order valence-corrected chi connectivity index (χ4v) is 2.45. The summed E-state index contributed by atoms with van der Waals surface area (Å²) in [5, 5.41) is 0. The van der Waals surface area contributed by atoms with Gasteiger partial charge < -0.3 is 4.57 Å². The number of halogens is 1. The second-order valence-corrected chi connectivity index (χ2v) is 4.76. The number of aromatic nitrogens is 5. The molecule has 0 bridgehead atoms. The quantitative estimate of drug-likeness (QED) is 0.683. The van der Waals surface area contributed by atoms with Gasteiger partial charge in [-0.15, -0.1) is 11.6 Å². The maximum atomic E-state index is 11.9. The molecule has 0 radical (unpaired) electrons. The van der Waals surface area contributed by atoms with Crippen molar-refractivity contribution in [2.75, 3.05) is 5.88 Å². The van der Waals surface area contributed by atoms with Crippen LogP contribution in [0.15, 0.2) is 15.8 Å². The van der Waals surface area contributed by atoms with Gasteiger partial charge in [-0.3, -0.25) is 18.7 Å². The zero-order valence-electron chi connectivity index (χ0n) is 10.5. The molecular formula is C11H12ClN5O2. The summed E-state index contributed by atoms with van der Waals surface area (Å²) in [5.41, 5.74) is 0.784. The molecule has 3 heterocycles. The molecule has 3 aromatic heterocycles. The summed E-state index contributed by atoms with van der Waals surface area (Å²) >= 11 is 5.77. The van der Waals surface area contributed by atoms with Crippen LogP contribution in [0.3, 0.4) is 0 Å². The zero-order chi connectivity index (χ0) is 13.7. The van der Waals surface area contributed by atoms with Crippen LogP contribution in [0.2, 0.25) is 0 Å². The minimum atomic E-state index is -0.473. The monoisotopic (exact) mass is 281 g/mol. The van der Waals surface area contributed by atoms with Crippen LogP contribution in [-0.2, 0) is 13.6 Å². The van der Waals surface area contributed by atoms with Gasteiger partial charge in [0.2, 0.25) is 5.78 Å². The van der Waals surface area contributed by atoms with Crippen molar-refractivity contribution >= 4 is 28.5 Å². The molecule has 7 nitrogen and oxygen atoms in total. The van der Waals surface area contributed by atoms with Crippen molar-refractivity contribution in [1.82, 2.24) is 23.5 Å². The lowest BCUT2D eigenvalue weighted by Crippen LogP contribution is -2.28. The highest BCUT2D eigenvalue weighted by atomic mass is 35.5. The summed E-state index contributed by atoms with van der Waals surface area (Å²) in [5.74, 6) is 1.06. The van der Waals surface area contributed by atoms with Gasteiger partial charge in [0.05, 0.1) is 0 Å². The minimum Gasteiger partial charge on any atom is -0.313 e. The molecule has 0 atom stereocenters. The molecule has 0 aliphatic rings.